The maximum Gasteiger partial charge on any atom is 0.141 e. The lowest BCUT2D eigenvalue weighted by molar-refractivity contribution is 0.240. The molecule has 2 unspecified atom stereocenters. The molecule has 1 saturated carbocycles. The van der Waals surface area contributed by atoms with Crippen molar-refractivity contribution in [1.29, 1.82) is 5.26 Å². The fourth-order valence-electron chi connectivity index (χ4n) is 3.35. The summed E-state index contributed by atoms with van der Waals surface area (Å²) in [7, 11) is 1.66. The van der Waals surface area contributed by atoms with Gasteiger partial charge in [0.1, 0.15) is 11.3 Å². The molecule has 0 aliphatic heterocycles. The summed E-state index contributed by atoms with van der Waals surface area (Å²) in [6.07, 6.45) is 2.99. The highest BCUT2D eigenvalue weighted by atomic mass is 16.5. The van der Waals surface area contributed by atoms with Gasteiger partial charge in [0.15, 0.2) is 0 Å². The number of hydrogen-bond donors (Lipinski definition) is 1. The number of rotatable bonds is 3. The molecule has 102 valence electrons. The molecule has 3 heteroatoms. The fraction of sp³-hybridized carbons (Fsp3) is 0.562. The monoisotopic (exact) mass is 258 g/mol. The average Bonchev–Trinajstić information content (AvgIpc) is 2.38. The summed E-state index contributed by atoms with van der Waals surface area (Å²) < 4.78 is 5.36. The quantitative estimate of drug-likeness (QED) is 0.896. The third-order valence-electron chi connectivity index (χ3n) is 3.89. The van der Waals surface area contributed by atoms with E-state index < -0.39 is 5.54 Å². The largest absolute Gasteiger partial charge is 0.495 e. The number of methoxy groups -OCH3 is 1. The van der Waals surface area contributed by atoms with Crippen LogP contribution in [0.1, 0.15) is 33.1 Å². The molecule has 0 aromatic heterocycles. The molecular weight excluding hydrogens is 236 g/mol. The Hall–Kier alpha value is -1.69. The minimum atomic E-state index is -0.467. The summed E-state index contributed by atoms with van der Waals surface area (Å²) >= 11 is 0. The average molecular weight is 258 g/mol. The molecule has 0 amide bonds. The summed E-state index contributed by atoms with van der Waals surface area (Å²) in [5.41, 5.74) is 0.443. The molecule has 2 atom stereocenters. The number of nitrogens with zero attached hydrogens (tertiary/aromatic N) is 1. The molecule has 1 aromatic carbocycles. The molecule has 3 nitrogen and oxygen atoms in total. The number of benzene rings is 1. The van der Waals surface area contributed by atoms with Gasteiger partial charge in [-0.3, -0.25) is 0 Å². The predicted octanol–water partition coefficient (Wildman–Crippen LogP) is 3.83. The van der Waals surface area contributed by atoms with E-state index >= 15 is 0 Å². The Bertz CT molecular complexity index is 468. The summed E-state index contributed by atoms with van der Waals surface area (Å²) in [6.45, 7) is 4.46. The standard InChI is InChI=1S/C16H22N2O/c1-12-8-13(2)10-16(9-12,11-17)18-14-6-4-5-7-15(14)19-3/h4-7,12-13,18H,8-10H2,1-3H3. The molecule has 0 spiro atoms. The number of nitriles is 1. The Morgan fingerprint density at radius 2 is 1.89 bits per heavy atom. The lowest BCUT2D eigenvalue weighted by Gasteiger charge is -2.39. The van der Waals surface area contributed by atoms with Gasteiger partial charge in [0, 0.05) is 0 Å². The Labute approximate surface area is 115 Å². The minimum absolute atomic E-state index is 0.467. The van der Waals surface area contributed by atoms with Crippen LogP contribution in [0.15, 0.2) is 24.3 Å². The summed E-state index contributed by atoms with van der Waals surface area (Å²) in [5, 5.41) is 13.1. The second-order valence-corrected chi connectivity index (χ2v) is 5.87. The van der Waals surface area contributed by atoms with Gasteiger partial charge in [-0.15, -0.1) is 0 Å². The van der Waals surface area contributed by atoms with Crippen molar-refractivity contribution >= 4 is 5.69 Å². The van der Waals surface area contributed by atoms with E-state index in [0.29, 0.717) is 11.8 Å². The van der Waals surface area contributed by atoms with E-state index in [9.17, 15) is 5.26 Å². The van der Waals surface area contributed by atoms with Gasteiger partial charge in [-0.1, -0.05) is 26.0 Å². The molecule has 0 bridgehead atoms. The van der Waals surface area contributed by atoms with Crippen molar-refractivity contribution in [3.63, 3.8) is 0 Å². The topological polar surface area (TPSA) is 45.0 Å². The van der Waals surface area contributed by atoms with Crippen LogP contribution in [-0.2, 0) is 0 Å². The maximum atomic E-state index is 9.65. The first-order valence-electron chi connectivity index (χ1n) is 6.91. The SMILES string of the molecule is COc1ccccc1NC1(C#N)CC(C)CC(C)C1. The van der Waals surface area contributed by atoms with Gasteiger partial charge in [0.05, 0.1) is 18.9 Å². The Kier molecular flexibility index (Phi) is 3.99. The molecule has 1 aliphatic rings. The van der Waals surface area contributed by atoms with Gasteiger partial charge < -0.3 is 10.1 Å². The van der Waals surface area contributed by atoms with Crippen molar-refractivity contribution in [2.75, 3.05) is 12.4 Å². The van der Waals surface area contributed by atoms with Crippen molar-refractivity contribution < 1.29 is 4.74 Å². The van der Waals surface area contributed by atoms with Gasteiger partial charge in [-0.05, 0) is 43.2 Å². The number of hydrogen-bond acceptors (Lipinski definition) is 3. The van der Waals surface area contributed by atoms with Crippen molar-refractivity contribution in [3.8, 4) is 11.8 Å². The lowest BCUT2D eigenvalue weighted by atomic mass is 9.72. The summed E-state index contributed by atoms with van der Waals surface area (Å²) in [6, 6.07) is 10.3. The van der Waals surface area contributed by atoms with Gasteiger partial charge in [0.25, 0.3) is 0 Å². The Balaban J connectivity index is 2.26. The summed E-state index contributed by atoms with van der Waals surface area (Å²) in [4.78, 5) is 0. The van der Waals surface area contributed by atoms with Crippen molar-refractivity contribution in [2.24, 2.45) is 11.8 Å². The minimum Gasteiger partial charge on any atom is -0.495 e. The van der Waals surface area contributed by atoms with E-state index in [4.69, 9.17) is 4.74 Å². The lowest BCUT2D eigenvalue weighted by Crippen LogP contribution is -2.43. The normalized spacial score (nSPS) is 30.4. The number of ether oxygens (including phenoxy) is 1. The van der Waals surface area contributed by atoms with Crippen LogP contribution in [0, 0.1) is 23.2 Å². The molecule has 0 saturated heterocycles. The van der Waals surface area contributed by atoms with Crippen LogP contribution < -0.4 is 10.1 Å². The molecule has 0 heterocycles. The second kappa shape index (κ2) is 5.52. The third kappa shape index (κ3) is 3.01. The molecule has 1 N–H and O–H groups in total. The third-order valence-corrected chi connectivity index (χ3v) is 3.89. The van der Waals surface area contributed by atoms with Crippen LogP contribution in [0.2, 0.25) is 0 Å². The molecule has 1 fully saturated rings. The van der Waals surface area contributed by atoms with Gasteiger partial charge in [-0.2, -0.15) is 5.26 Å². The predicted molar refractivity (Wildman–Crippen MR) is 77.1 cm³/mol. The highest BCUT2D eigenvalue weighted by Gasteiger charge is 2.38. The first-order valence-corrected chi connectivity index (χ1v) is 6.91. The first-order chi connectivity index (χ1) is 9.08. The van der Waals surface area contributed by atoms with Crippen LogP contribution in [0.5, 0.6) is 5.75 Å². The maximum absolute atomic E-state index is 9.65. The zero-order valence-electron chi connectivity index (χ0n) is 11.9. The smallest absolute Gasteiger partial charge is 0.141 e. The van der Waals surface area contributed by atoms with Crippen molar-refractivity contribution in [1.82, 2.24) is 0 Å². The molecule has 2 rings (SSSR count). The van der Waals surface area contributed by atoms with E-state index in [1.807, 2.05) is 24.3 Å². The van der Waals surface area contributed by atoms with E-state index in [0.717, 1.165) is 24.3 Å². The van der Waals surface area contributed by atoms with E-state index in [1.165, 1.54) is 6.42 Å². The van der Waals surface area contributed by atoms with E-state index in [2.05, 4.69) is 25.2 Å². The number of nitrogens with one attached hydrogen (secondary N) is 1. The molecule has 19 heavy (non-hydrogen) atoms. The Morgan fingerprint density at radius 1 is 1.26 bits per heavy atom. The van der Waals surface area contributed by atoms with Crippen LogP contribution >= 0.6 is 0 Å². The van der Waals surface area contributed by atoms with Crippen molar-refractivity contribution in [2.45, 2.75) is 38.6 Å². The van der Waals surface area contributed by atoms with Crippen LogP contribution in [0.25, 0.3) is 0 Å². The second-order valence-electron chi connectivity index (χ2n) is 5.87. The number of anilines is 1. The van der Waals surface area contributed by atoms with Gasteiger partial charge in [-0.25, -0.2) is 0 Å². The molecule has 0 radical (unpaired) electrons. The highest BCUT2D eigenvalue weighted by Crippen LogP contribution is 2.39. The molecular formula is C16H22N2O. The Morgan fingerprint density at radius 3 is 2.47 bits per heavy atom. The van der Waals surface area contributed by atoms with E-state index in [1.54, 1.807) is 7.11 Å². The fourth-order valence-corrected chi connectivity index (χ4v) is 3.35. The van der Waals surface area contributed by atoms with Gasteiger partial charge in [0.2, 0.25) is 0 Å². The first kappa shape index (κ1) is 13.7. The van der Waals surface area contributed by atoms with E-state index in [-0.39, 0.29) is 0 Å². The van der Waals surface area contributed by atoms with Crippen LogP contribution in [0.4, 0.5) is 5.69 Å². The zero-order valence-corrected chi connectivity index (χ0v) is 11.9. The number of para-hydroxylation sites is 2. The van der Waals surface area contributed by atoms with Crippen LogP contribution in [0.3, 0.4) is 0 Å². The molecule has 1 aromatic rings. The van der Waals surface area contributed by atoms with Crippen molar-refractivity contribution in [3.05, 3.63) is 24.3 Å². The van der Waals surface area contributed by atoms with Gasteiger partial charge >= 0.3 is 0 Å². The molecule has 1 aliphatic carbocycles. The summed E-state index contributed by atoms with van der Waals surface area (Å²) in [5.74, 6) is 1.94. The zero-order chi connectivity index (χ0) is 13.9. The highest BCUT2D eigenvalue weighted by molar-refractivity contribution is 5.59. The van der Waals surface area contributed by atoms with Crippen LogP contribution in [-0.4, -0.2) is 12.6 Å².